The number of carbonyl (C=O) groups is 1. The summed E-state index contributed by atoms with van der Waals surface area (Å²) >= 11 is 0. The van der Waals surface area contributed by atoms with Gasteiger partial charge < -0.3 is 9.47 Å². The van der Waals surface area contributed by atoms with E-state index in [0.717, 1.165) is 6.42 Å². The Morgan fingerprint density at radius 2 is 2.37 bits per heavy atom. The third kappa shape index (κ3) is 3.39. The lowest BCUT2D eigenvalue weighted by molar-refractivity contribution is 0.0600. The monoisotopic (exact) mass is 283 g/mol. The number of rotatable bonds is 4. The number of hydrogen-bond donors (Lipinski definition) is 0. The van der Waals surface area contributed by atoms with Crippen LogP contribution in [0.15, 0.2) is 18.3 Å². The quantitative estimate of drug-likeness (QED) is 0.779. The lowest BCUT2D eigenvalue weighted by atomic mass is 10.2. The van der Waals surface area contributed by atoms with E-state index >= 15 is 0 Å². The predicted molar refractivity (Wildman–Crippen MR) is 71.2 cm³/mol. The SMILES string of the molecule is COC(=O)c1ccc(CS(=O)C2CCOC2C)nc1. The van der Waals surface area contributed by atoms with E-state index in [4.69, 9.17) is 4.74 Å². The second-order valence-corrected chi connectivity index (χ2v) is 6.11. The van der Waals surface area contributed by atoms with E-state index in [1.807, 2.05) is 6.92 Å². The third-order valence-electron chi connectivity index (χ3n) is 3.18. The molecule has 1 saturated heterocycles. The van der Waals surface area contributed by atoms with Crippen LogP contribution in [-0.2, 0) is 26.0 Å². The van der Waals surface area contributed by atoms with Gasteiger partial charge in [-0.3, -0.25) is 9.19 Å². The van der Waals surface area contributed by atoms with Crippen LogP contribution in [0.5, 0.6) is 0 Å². The number of esters is 1. The molecular formula is C13H17NO4S. The van der Waals surface area contributed by atoms with Crippen LogP contribution in [0.2, 0.25) is 0 Å². The van der Waals surface area contributed by atoms with Gasteiger partial charge in [-0.2, -0.15) is 0 Å². The van der Waals surface area contributed by atoms with Gasteiger partial charge in [0.2, 0.25) is 0 Å². The molecule has 0 N–H and O–H groups in total. The smallest absolute Gasteiger partial charge is 0.339 e. The standard InChI is InChI=1S/C13H17NO4S/c1-9-12(5-6-18-9)19(16)8-11-4-3-10(7-14-11)13(15)17-2/h3-4,7,9,12H,5-6,8H2,1-2H3. The Morgan fingerprint density at radius 3 is 2.89 bits per heavy atom. The van der Waals surface area contributed by atoms with Crippen molar-refractivity contribution in [3.05, 3.63) is 29.6 Å². The molecule has 0 amide bonds. The number of methoxy groups -OCH3 is 1. The van der Waals surface area contributed by atoms with E-state index in [0.29, 0.717) is 23.6 Å². The zero-order valence-electron chi connectivity index (χ0n) is 11.0. The maximum Gasteiger partial charge on any atom is 0.339 e. The molecule has 3 unspecified atom stereocenters. The summed E-state index contributed by atoms with van der Waals surface area (Å²) in [6.45, 7) is 2.62. The Morgan fingerprint density at radius 1 is 1.58 bits per heavy atom. The van der Waals surface area contributed by atoms with Crippen molar-refractivity contribution >= 4 is 16.8 Å². The summed E-state index contributed by atoms with van der Waals surface area (Å²) in [6.07, 6.45) is 2.32. The summed E-state index contributed by atoms with van der Waals surface area (Å²) < 4.78 is 22.2. The maximum atomic E-state index is 12.2. The summed E-state index contributed by atoms with van der Waals surface area (Å²) in [5, 5.41) is 0.0714. The highest BCUT2D eigenvalue weighted by molar-refractivity contribution is 7.84. The number of ether oxygens (including phenoxy) is 2. The van der Waals surface area contributed by atoms with E-state index in [-0.39, 0.29) is 11.4 Å². The minimum absolute atomic E-state index is 0.0372. The Balaban J connectivity index is 1.99. The van der Waals surface area contributed by atoms with Crippen molar-refractivity contribution in [3.8, 4) is 0 Å². The number of aromatic nitrogens is 1. The van der Waals surface area contributed by atoms with Gasteiger partial charge in [0.1, 0.15) is 0 Å². The fraction of sp³-hybridized carbons (Fsp3) is 0.538. The maximum absolute atomic E-state index is 12.2. The second kappa shape index (κ2) is 6.25. The van der Waals surface area contributed by atoms with Crippen molar-refractivity contribution in [2.75, 3.05) is 13.7 Å². The Hall–Kier alpha value is -1.27. The van der Waals surface area contributed by atoms with Gasteiger partial charge in [0, 0.05) is 23.6 Å². The third-order valence-corrected chi connectivity index (χ3v) is 5.05. The van der Waals surface area contributed by atoms with Crippen molar-refractivity contribution in [1.82, 2.24) is 4.98 Å². The molecule has 0 bridgehead atoms. The van der Waals surface area contributed by atoms with Gasteiger partial charge in [-0.15, -0.1) is 0 Å². The van der Waals surface area contributed by atoms with Crippen molar-refractivity contribution in [2.24, 2.45) is 0 Å². The lowest BCUT2D eigenvalue weighted by Gasteiger charge is -2.13. The first kappa shape index (κ1) is 14.1. The number of nitrogens with zero attached hydrogens (tertiary/aromatic N) is 1. The van der Waals surface area contributed by atoms with Gasteiger partial charge in [0.15, 0.2) is 0 Å². The normalized spacial score (nSPS) is 24.1. The van der Waals surface area contributed by atoms with Gasteiger partial charge in [-0.25, -0.2) is 4.79 Å². The molecule has 19 heavy (non-hydrogen) atoms. The summed E-state index contributed by atoms with van der Waals surface area (Å²) in [5.41, 5.74) is 1.11. The summed E-state index contributed by atoms with van der Waals surface area (Å²) in [5.74, 6) is -0.0298. The van der Waals surface area contributed by atoms with Gasteiger partial charge in [0.05, 0.1) is 35.5 Å². The molecule has 5 nitrogen and oxygen atoms in total. The number of hydrogen-bond acceptors (Lipinski definition) is 5. The zero-order valence-corrected chi connectivity index (χ0v) is 11.8. The fourth-order valence-corrected chi connectivity index (χ4v) is 3.60. The van der Waals surface area contributed by atoms with Crippen LogP contribution in [0.4, 0.5) is 0 Å². The summed E-state index contributed by atoms with van der Waals surface area (Å²) in [7, 11) is 0.327. The van der Waals surface area contributed by atoms with Gasteiger partial charge in [0.25, 0.3) is 0 Å². The molecule has 0 aliphatic carbocycles. The first-order valence-electron chi connectivity index (χ1n) is 6.14. The molecule has 1 aromatic heterocycles. The van der Waals surface area contributed by atoms with Crippen molar-refractivity contribution in [2.45, 2.75) is 30.5 Å². The molecular weight excluding hydrogens is 266 g/mol. The Kier molecular flexibility index (Phi) is 4.66. The van der Waals surface area contributed by atoms with Crippen LogP contribution < -0.4 is 0 Å². The molecule has 1 aliphatic heterocycles. The molecule has 104 valence electrons. The summed E-state index contributed by atoms with van der Waals surface area (Å²) in [4.78, 5) is 15.4. The highest BCUT2D eigenvalue weighted by Gasteiger charge is 2.29. The van der Waals surface area contributed by atoms with E-state index in [9.17, 15) is 9.00 Å². The minimum Gasteiger partial charge on any atom is -0.465 e. The molecule has 0 aromatic carbocycles. The molecule has 0 saturated carbocycles. The van der Waals surface area contributed by atoms with Crippen molar-refractivity contribution < 1.29 is 18.5 Å². The highest BCUT2D eigenvalue weighted by Crippen LogP contribution is 2.20. The first-order valence-corrected chi connectivity index (χ1v) is 7.52. The molecule has 6 heteroatoms. The summed E-state index contributed by atoms with van der Waals surface area (Å²) in [6, 6.07) is 3.35. The largest absolute Gasteiger partial charge is 0.465 e. The molecule has 1 aromatic rings. The Bertz CT molecular complexity index is 474. The molecule has 2 heterocycles. The van der Waals surface area contributed by atoms with E-state index in [1.54, 1.807) is 12.1 Å². The molecule has 2 rings (SSSR count). The number of pyridine rings is 1. The van der Waals surface area contributed by atoms with Gasteiger partial charge >= 0.3 is 5.97 Å². The molecule has 0 radical (unpaired) electrons. The van der Waals surface area contributed by atoms with Crippen LogP contribution in [0.3, 0.4) is 0 Å². The van der Waals surface area contributed by atoms with E-state index in [2.05, 4.69) is 9.72 Å². The second-order valence-electron chi connectivity index (χ2n) is 4.46. The first-order chi connectivity index (χ1) is 9.11. The van der Waals surface area contributed by atoms with Crippen molar-refractivity contribution in [1.29, 1.82) is 0 Å². The van der Waals surface area contributed by atoms with Crippen LogP contribution in [-0.4, -0.2) is 40.2 Å². The average Bonchev–Trinajstić information content (AvgIpc) is 2.85. The minimum atomic E-state index is -0.999. The molecule has 0 spiro atoms. The Labute approximate surface area is 114 Å². The van der Waals surface area contributed by atoms with Crippen LogP contribution in [0.25, 0.3) is 0 Å². The van der Waals surface area contributed by atoms with Gasteiger partial charge in [-0.05, 0) is 25.5 Å². The van der Waals surface area contributed by atoms with Crippen LogP contribution in [0.1, 0.15) is 29.4 Å². The zero-order chi connectivity index (χ0) is 13.8. The topological polar surface area (TPSA) is 65.5 Å². The van der Waals surface area contributed by atoms with Crippen LogP contribution in [0, 0.1) is 0 Å². The average molecular weight is 283 g/mol. The van der Waals surface area contributed by atoms with Crippen LogP contribution >= 0.6 is 0 Å². The van der Waals surface area contributed by atoms with Crippen molar-refractivity contribution in [3.63, 3.8) is 0 Å². The number of carbonyl (C=O) groups excluding carboxylic acids is 1. The van der Waals surface area contributed by atoms with E-state index < -0.39 is 16.8 Å². The lowest BCUT2D eigenvalue weighted by Crippen LogP contribution is -2.24. The van der Waals surface area contributed by atoms with E-state index in [1.165, 1.54) is 13.3 Å². The predicted octanol–water partition coefficient (Wildman–Crippen LogP) is 1.29. The molecule has 1 fully saturated rings. The fourth-order valence-electron chi connectivity index (χ4n) is 2.06. The highest BCUT2D eigenvalue weighted by atomic mass is 32.2. The van der Waals surface area contributed by atoms with Gasteiger partial charge in [-0.1, -0.05) is 0 Å². The molecule has 3 atom stereocenters. The molecule has 1 aliphatic rings.